The summed E-state index contributed by atoms with van der Waals surface area (Å²) in [6.45, 7) is 3.41. The SMILES string of the molecule is CCCNC(CN(C)c1ccc(OC)cc1)C(=O)OC. The average Bonchev–Trinajstić information content (AvgIpc) is 2.50. The van der Waals surface area contributed by atoms with Crippen molar-refractivity contribution >= 4 is 11.7 Å². The highest BCUT2D eigenvalue weighted by atomic mass is 16.5. The number of likely N-dealkylation sites (N-methyl/N-ethyl adjacent to an activating group) is 1. The van der Waals surface area contributed by atoms with Gasteiger partial charge in [0.2, 0.25) is 0 Å². The van der Waals surface area contributed by atoms with Gasteiger partial charge in [-0.1, -0.05) is 6.92 Å². The van der Waals surface area contributed by atoms with Crippen LogP contribution in [0.3, 0.4) is 0 Å². The summed E-state index contributed by atoms with van der Waals surface area (Å²) in [5, 5.41) is 3.20. The minimum Gasteiger partial charge on any atom is -0.497 e. The van der Waals surface area contributed by atoms with E-state index in [0.717, 1.165) is 24.4 Å². The molecule has 20 heavy (non-hydrogen) atoms. The minimum absolute atomic E-state index is 0.237. The summed E-state index contributed by atoms with van der Waals surface area (Å²) in [7, 11) is 5.00. The van der Waals surface area contributed by atoms with Gasteiger partial charge in [0.05, 0.1) is 14.2 Å². The Kier molecular flexibility index (Phi) is 6.87. The van der Waals surface area contributed by atoms with Crippen molar-refractivity contribution in [3.05, 3.63) is 24.3 Å². The Labute approximate surface area is 120 Å². The maximum absolute atomic E-state index is 11.8. The second kappa shape index (κ2) is 8.43. The lowest BCUT2D eigenvalue weighted by molar-refractivity contribution is -0.142. The van der Waals surface area contributed by atoms with Crippen LogP contribution in [0.5, 0.6) is 5.75 Å². The Morgan fingerprint density at radius 1 is 1.30 bits per heavy atom. The van der Waals surface area contributed by atoms with Gasteiger partial charge in [0.15, 0.2) is 0 Å². The summed E-state index contributed by atoms with van der Waals surface area (Å²) >= 11 is 0. The van der Waals surface area contributed by atoms with Gasteiger partial charge in [0, 0.05) is 19.3 Å². The second-order valence-corrected chi connectivity index (χ2v) is 4.61. The van der Waals surface area contributed by atoms with Crippen LogP contribution in [0.2, 0.25) is 0 Å². The number of anilines is 1. The van der Waals surface area contributed by atoms with E-state index in [0.29, 0.717) is 6.54 Å². The highest BCUT2D eigenvalue weighted by Gasteiger charge is 2.20. The molecule has 0 aliphatic rings. The lowest BCUT2D eigenvalue weighted by Gasteiger charge is -2.25. The molecule has 0 bridgehead atoms. The van der Waals surface area contributed by atoms with Gasteiger partial charge in [-0.25, -0.2) is 0 Å². The minimum atomic E-state index is -0.327. The standard InChI is InChI=1S/C15H24N2O3/c1-5-10-16-14(15(18)20-4)11-17(2)12-6-8-13(19-3)9-7-12/h6-9,14,16H,5,10-11H2,1-4H3. The van der Waals surface area contributed by atoms with Gasteiger partial charge >= 0.3 is 5.97 Å². The van der Waals surface area contributed by atoms with Crippen LogP contribution >= 0.6 is 0 Å². The fourth-order valence-electron chi connectivity index (χ4n) is 1.90. The van der Waals surface area contributed by atoms with Crippen LogP contribution in [0.25, 0.3) is 0 Å². The lowest BCUT2D eigenvalue weighted by Crippen LogP contribution is -2.46. The number of hydrogen-bond acceptors (Lipinski definition) is 5. The molecule has 1 atom stereocenters. The first-order valence-corrected chi connectivity index (χ1v) is 6.78. The number of methoxy groups -OCH3 is 2. The van der Waals surface area contributed by atoms with E-state index in [1.165, 1.54) is 7.11 Å². The molecule has 0 radical (unpaired) electrons. The first-order valence-electron chi connectivity index (χ1n) is 6.78. The topological polar surface area (TPSA) is 50.8 Å². The van der Waals surface area contributed by atoms with Crippen molar-refractivity contribution in [3.8, 4) is 5.75 Å². The zero-order valence-electron chi connectivity index (χ0n) is 12.7. The van der Waals surface area contributed by atoms with Crippen molar-refractivity contribution in [3.63, 3.8) is 0 Å². The van der Waals surface area contributed by atoms with Crippen LogP contribution in [-0.2, 0) is 9.53 Å². The summed E-state index contributed by atoms with van der Waals surface area (Å²) in [4.78, 5) is 13.8. The third kappa shape index (κ3) is 4.74. The third-order valence-electron chi connectivity index (χ3n) is 3.10. The maximum Gasteiger partial charge on any atom is 0.324 e. The van der Waals surface area contributed by atoms with Gasteiger partial charge in [-0.3, -0.25) is 4.79 Å². The Hall–Kier alpha value is -1.75. The molecule has 1 aromatic rings. The van der Waals surface area contributed by atoms with E-state index in [1.807, 2.05) is 36.2 Å². The Morgan fingerprint density at radius 3 is 2.45 bits per heavy atom. The first-order chi connectivity index (χ1) is 9.62. The van der Waals surface area contributed by atoms with E-state index in [-0.39, 0.29) is 12.0 Å². The fraction of sp³-hybridized carbons (Fsp3) is 0.533. The molecular weight excluding hydrogens is 256 g/mol. The van der Waals surface area contributed by atoms with Crippen LogP contribution in [0.1, 0.15) is 13.3 Å². The third-order valence-corrected chi connectivity index (χ3v) is 3.10. The smallest absolute Gasteiger partial charge is 0.324 e. The van der Waals surface area contributed by atoms with Crippen LogP contribution < -0.4 is 15.0 Å². The average molecular weight is 280 g/mol. The van der Waals surface area contributed by atoms with Gasteiger partial charge in [0.25, 0.3) is 0 Å². The molecule has 5 nitrogen and oxygen atoms in total. The second-order valence-electron chi connectivity index (χ2n) is 4.61. The molecular formula is C15H24N2O3. The molecule has 0 heterocycles. The molecule has 1 unspecified atom stereocenters. The zero-order valence-corrected chi connectivity index (χ0v) is 12.7. The first kappa shape index (κ1) is 16.3. The van der Waals surface area contributed by atoms with Crippen molar-refractivity contribution in [2.24, 2.45) is 0 Å². The Bertz CT molecular complexity index is 406. The molecule has 0 spiro atoms. The van der Waals surface area contributed by atoms with E-state index in [2.05, 4.69) is 12.2 Å². The van der Waals surface area contributed by atoms with Gasteiger partial charge < -0.3 is 19.7 Å². The molecule has 1 aromatic carbocycles. The molecule has 0 saturated carbocycles. The van der Waals surface area contributed by atoms with Crippen molar-refractivity contribution in [2.45, 2.75) is 19.4 Å². The quantitative estimate of drug-likeness (QED) is 0.734. The predicted molar refractivity (Wildman–Crippen MR) is 80.4 cm³/mol. The number of ether oxygens (including phenoxy) is 2. The zero-order chi connectivity index (χ0) is 15.0. The summed E-state index contributed by atoms with van der Waals surface area (Å²) in [6.07, 6.45) is 0.972. The van der Waals surface area contributed by atoms with E-state index < -0.39 is 0 Å². The van der Waals surface area contributed by atoms with E-state index in [4.69, 9.17) is 9.47 Å². The van der Waals surface area contributed by atoms with Crippen LogP contribution in [-0.4, -0.2) is 46.4 Å². The molecule has 0 fully saturated rings. The molecule has 112 valence electrons. The molecule has 0 aromatic heterocycles. The Morgan fingerprint density at radius 2 is 1.95 bits per heavy atom. The molecule has 1 rings (SSSR count). The van der Waals surface area contributed by atoms with Crippen molar-refractivity contribution in [2.75, 3.05) is 39.3 Å². The van der Waals surface area contributed by atoms with Crippen molar-refractivity contribution in [1.82, 2.24) is 5.32 Å². The number of carbonyl (C=O) groups excluding carboxylic acids is 1. The van der Waals surface area contributed by atoms with Crippen LogP contribution in [0, 0.1) is 0 Å². The normalized spacial score (nSPS) is 11.8. The van der Waals surface area contributed by atoms with Gasteiger partial charge in [-0.2, -0.15) is 0 Å². The highest BCUT2D eigenvalue weighted by molar-refractivity contribution is 5.76. The van der Waals surface area contributed by atoms with E-state index >= 15 is 0 Å². The maximum atomic E-state index is 11.8. The number of nitrogens with one attached hydrogen (secondary N) is 1. The molecule has 5 heteroatoms. The molecule has 0 saturated heterocycles. The number of nitrogens with zero attached hydrogens (tertiary/aromatic N) is 1. The molecule has 1 N–H and O–H groups in total. The van der Waals surface area contributed by atoms with Crippen molar-refractivity contribution < 1.29 is 14.3 Å². The molecule has 0 aliphatic heterocycles. The molecule has 0 aliphatic carbocycles. The summed E-state index contributed by atoms with van der Waals surface area (Å²) in [5.74, 6) is 0.578. The van der Waals surface area contributed by atoms with Crippen LogP contribution in [0.15, 0.2) is 24.3 Å². The fourth-order valence-corrected chi connectivity index (χ4v) is 1.90. The summed E-state index contributed by atoms with van der Waals surface area (Å²) in [5.41, 5.74) is 1.03. The number of carbonyl (C=O) groups is 1. The largest absolute Gasteiger partial charge is 0.497 e. The number of esters is 1. The lowest BCUT2D eigenvalue weighted by atomic mass is 10.2. The van der Waals surface area contributed by atoms with Crippen molar-refractivity contribution in [1.29, 1.82) is 0 Å². The predicted octanol–water partition coefficient (Wildman–Crippen LogP) is 1.67. The van der Waals surface area contributed by atoms with E-state index in [9.17, 15) is 4.79 Å². The van der Waals surface area contributed by atoms with Gasteiger partial charge in [-0.15, -0.1) is 0 Å². The number of rotatable bonds is 8. The van der Waals surface area contributed by atoms with Crippen LogP contribution in [0.4, 0.5) is 5.69 Å². The Balaban J connectivity index is 2.67. The summed E-state index contributed by atoms with van der Waals surface area (Å²) < 4.78 is 9.97. The molecule has 0 amide bonds. The monoisotopic (exact) mass is 280 g/mol. The number of hydrogen-bond donors (Lipinski definition) is 1. The number of benzene rings is 1. The van der Waals surface area contributed by atoms with E-state index in [1.54, 1.807) is 7.11 Å². The van der Waals surface area contributed by atoms with Gasteiger partial charge in [0.1, 0.15) is 11.8 Å². The highest BCUT2D eigenvalue weighted by Crippen LogP contribution is 2.18. The summed E-state index contributed by atoms with van der Waals surface area (Å²) in [6, 6.07) is 7.41. The van der Waals surface area contributed by atoms with Gasteiger partial charge in [-0.05, 0) is 37.2 Å².